The number of benzene rings is 2. The van der Waals surface area contributed by atoms with Gasteiger partial charge in [0.25, 0.3) is 0 Å². The molecule has 0 atom stereocenters. The number of rotatable bonds is 1. The van der Waals surface area contributed by atoms with E-state index in [1.807, 2.05) is 6.07 Å². The Morgan fingerprint density at radius 1 is 1.11 bits per heavy atom. The van der Waals surface area contributed by atoms with E-state index < -0.39 is 20.8 Å². The number of methoxy groups -OCH3 is 1. The number of ether oxygens (including phenoxy) is 1. The maximum absolute atomic E-state index is 5.18. The Morgan fingerprint density at radius 2 is 1.83 bits per heavy atom. The van der Waals surface area contributed by atoms with Crippen molar-refractivity contribution in [3.8, 4) is 16.9 Å². The molecule has 3 rings (SSSR count). The van der Waals surface area contributed by atoms with Crippen molar-refractivity contribution < 1.29 is 25.6 Å². The third-order valence-corrected chi connectivity index (χ3v) is 2.90. The molecule has 0 aliphatic heterocycles. The summed E-state index contributed by atoms with van der Waals surface area (Å²) in [5.41, 5.74) is 5.27. The van der Waals surface area contributed by atoms with E-state index in [-0.39, 0.29) is 0 Å². The van der Waals surface area contributed by atoms with E-state index in [0.29, 0.717) is 0 Å². The van der Waals surface area contributed by atoms with Gasteiger partial charge in [0.2, 0.25) is 0 Å². The first-order valence-electron chi connectivity index (χ1n) is 5.44. The molecule has 0 radical (unpaired) electrons. The van der Waals surface area contributed by atoms with Crippen LogP contribution in [-0.2, 0) is 27.3 Å². The van der Waals surface area contributed by atoms with E-state index in [1.165, 1.54) is 22.3 Å². The molecule has 0 saturated carbocycles. The molecular weight excluding hydrogens is 346 g/mol. The molecule has 0 saturated heterocycles. The molecule has 0 aromatic heterocycles. The van der Waals surface area contributed by atoms with Gasteiger partial charge in [-0.2, -0.15) is 6.07 Å². The van der Waals surface area contributed by atoms with Crippen LogP contribution >= 0.6 is 17.0 Å². The van der Waals surface area contributed by atoms with Crippen molar-refractivity contribution in [1.82, 2.24) is 0 Å². The normalized spacial score (nSPS) is 10.8. The van der Waals surface area contributed by atoms with Crippen molar-refractivity contribution in [2.45, 2.75) is 6.42 Å². The Balaban J connectivity index is 0.000000367. The Labute approximate surface area is 126 Å². The summed E-state index contributed by atoms with van der Waals surface area (Å²) >= 11 is -0.826. The average Bonchev–Trinajstić information content (AvgIpc) is 2.77. The van der Waals surface area contributed by atoms with Gasteiger partial charge >= 0.3 is 37.9 Å². The summed E-state index contributed by atoms with van der Waals surface area (Å²) in [7, 11) is 11.5. The zero-order valence-electron chi connectivity index (χ0n) is 9.84. The minimum atomic E-state index is -0.826. The van der Waals surface area contributed by atoms with Crippen LogP contribution in [0.25, 0.3) is 11.1 Å². The Kier molecular flexibility index (Phi) is 5.29. The topological polar surface area (TPSA) is 9.23 Å². The van der Waals surface area contributed by atoms with Gasteiger partial charge in [0.05, 0.1) is 7.11 Å². The molecule has 1 nitrogen and oxygen atoms in total. The molecule has 0 bridgehead atoms. The van der Waals surface area contributed by atoms with Crippen LogP contribution < -0.4 is 4.74 Å². The zero-order valence-corrected chi connectivity index (χ0v) is 13.8. The van der Waals surface area contributed by atoms with Gasteiger partial charge in [-0.3, -0.25) is 0 Å². The molecule has 2 aromatic rings. The maximum atomic E-state index is 5.18. The molecule has 1 aliphatic rings. The average molecular weight is 357 g/mol. The zero-order chi connectivity index (χ0) is 13.0. The molecule has 4 heteroatoms. The number of fused-ring (bicyclic) bond motifs is 3. The summed E-state index contributed by atoms with van der Waals surface area (Å²) in [5, 5.41) is 0. The number of hydrogen-bond acceptors (Lipinski definition) is 1. The molecule has 92 valence electrons. The van der Waals surface area contributed by atoms with Gasteiger partial charge in [0.15, 0.2) is 0 Å². The molecule has 0 spiro atoms. The van der Waals surface area contributed by atoms with Crippen molar-refractivity contribution in [2.75, 3.05) is 7.11 Å². The SMILES string of the molecule is COc1[c-]c2c(cc1)-c1ccccc1C2.[Cl][Zr][Cl]. The molecule has 0 N–H and O–H groups in total. The molecule has 2 aromatic carbocycles. The van der Waals surface area contributed by atoms with E-state index in [0.717, 1.165) is 12.2 Å². The Morgan fingerprint density at radius 3 is 2.56 bits per heavy atom. The first-order chi connectivity index (χ1) is 8.80. The molecule has 0 heterocycles. The number of halogens is 2. The second-order valence-corrected chi connectivity index (χ2v) is 7.56. The molecule has 0 unspecified atom stereocenters. The van der Waals surface area contributed by atoms with Gasteiger partial charge in [0, 0.05) is 5.75 Å². The predicted octanol–water partition coefficient (Wildman–Crippen LogP) is 4.44. The number of hydrogen-bond donors (Lipinski definition) is 0. The van der Waals surface area contributed by atoms with Crippen molar-refractivity contribution >= 4 is 17.0 Å². The molecule has 18 heavy (non-hydrogen) atoms. The van der Waals surface area contributed by atoms with Crippen molar-refractivity contribution in [2.24, 2.45) is 0 Å². The predicted molar refractivity (Wildman–Crippen MR) is 71.8 cm³/mol. The van der Waals surface area contributed by atoms with Crippen LogP contribution in [0.4, 0.5) is 0 Å². The summed E-state index contributed by atoms with van der Waals surface area (Å²) < 4.78 is 5.18. The van der Waals surface area contributed by atoms with Crippen molar-refractivity contribution in [1.29, 1.82) is 0 Å². The van der Waals surface area contributed by atoms with E-state index in [2.05, 4.69) is 36.4 Å². The molecule has 0 amide bonds. The fourth-order valence-corrected chi connectivity index (χ4v) is 2.16. The van der Waals surface area contributed by atoms with Gasteiger partial charge in [-0.1, -0.05) is 35.4 Å². The fraction of sp³-hybridized carbons (Fsp3) is 0.143. The van der Waals surface area contributed by atoms with Gasteiger partial charge < -0.3 is 4.74 Å². The van der Waals surface area contributed by atoms with Crippen LogP contribution in [0, 0.1) is 6.07 Å². The van der Waals surface area contributed by atoms with E-state index in [1.54, 1.807) is 7.11 Å². The van der Waals surface area contributed by atoms with Crippen LogP contribution in [0.5, 0.6) is 5.75 Å². The minimum absolute atomic E-state index is 0.821. The third kappa shape index (κ3) is 2.99. The van der Waals surface area contributed by atoms with Gasteiger partial charge in [-0.25, -0.2) is 0 Å². The summed E-state index contributed by atoms with van der Waals surface area (Å²) in [6, 6.07) is 15.9. The summed E-state index contributed by atoms with van der Waals surface area (Å²) in [5.74, 6) is 0.821. The van der Waals surface area contributed by atoms with Crippen LogP contribution in [0.3, 0.4) is 0 Å². The first kappa shape index (κ1) is 14.1. The van der Waals surface area contributed by atoms with E-state index in [9.17, 15) is 0 Å². The molecular formula is C14H11Cl2OZr-. The van der Waals surface area contributed by atoms with Crippen LogP contribution in [-0.4, -0.2) is 7.11 Å². The van der Waals surface area contributed by atoms with E-state index >= 15 is 0 Å². The molecule has 0 fully saturated rings. The van der Waals surface area contributed by atoms with Gasteiger partial charge in [-0.15, -0.1) is 23.3 Å². The van der Waals surface area contributed by atoms with E-state index in [4.69, 9.17) is 21.8 Å². The van der Waals surface area contributed by atoms with Gasteiger partial charge in [-0.05, 0) is 6.42 Å². The Hall–Kier alpha value is -0.297. The standard InChI is InChI=1S/C14H11O.2ClH.Zr/c1-15-12-6-7-14-11(9-12)8-10-4-2-3-5-13(10)14;;;/h2-7H,8H2,1H3;2*1H;/q-1;;;+2/p-2. The fourth-order valence-electron chi connectivity index (χ4n) is 2.16. The second-order valence-electron chi connectivity index (χ2n) is 3.82. The van der Waals surface area contributed by atoms with Crippen LogP contribution in [0.1, 0.15) is 11.1 Å². The van der Waals surface area contributed by atoms with Crippen molar-refractivity contribution in [3.05, 3.63) is 53.6 Å². The van der Waals surface area contributed by atoms with Crippen molar-refractivity contribution in [3.63, 3.8) is 0 Å². The van der Waals surface area contributed by atoms with Crippen LogP contribution in [0.2, 0.25) is 0 Å². The monoisotopic (exact) mass is 355 g/mol. The second kappa shape index (κ2) is 6.75. The summed E-state index contributed by atoms with van der Waals surface area (Å²) in [6.45, 7) is 0. The van der Waals surface area contributed by atoms with Crippen LogP contribution in [0.15, 0.2) is 36.4 Å². The third-order valence-electron chi connectivity index (χ3n) is 2.90. The summed E-state index contributed by atoms with van der Waals surface area (Å²) in [4.78, 5) is 0. The quantitative estimate of drug-likeness (QED) is 0.585. The summed E-state index contributed by atoms with van der Waals surface area (Å²) in [6.07, 6.45) is 0.975. The Bertz CT molecular complexity index is 543. The van der Waals surface area contributed by atoms with Gasteiger partial charge in [0.1, 0.15) is 0 Å². The molecule has 1 aliphatic carbocycles. The first-order valence-corrected chi connectivity index (χ1v) is 11.8.